The number of carbonyl (C=O) groups excluding carboxylic acids is 2. The second-order valence-electron chi connectivity index (χ2n) is 6.21. The number of carbonyl (C=O) groups is 2. The fourth-order valence-corrected chi connectivity index (χ4v) is 4.18. The van der Waals surface area contributed by atoms with E-state index in [2.05, 4.69) is 15.4 Å². The van der Waals surface area contributed by atoms with Crippen LogP contribution in [0, 0.1) is 5.82 Å². The number of amides is 2. The van der Waals surface area contributed by atoms with Gasteiger partial charge in [0.25, 0.3) is 15.9 Å². The standard InChI is InChI=1S/C20H18FN3O4S2/c21-15-2-1-3-17(12-15)24-30(27,28)18-6-4-16(5-7-18)23-19(25)8-10-22-20(26)14-9-11-29-13-14/h1-7,9,11-13,24H,8,10H2,(H,22,26)(H,23,25). The number of benzene rings is 2. The molecule has 3 rings (SSSR count). The van der Waals surface area contributed by atoms with Crippen molar-refractivity contribution in [3.63, 3.8) is 0 Å². The largest absolute Gasteiger partial charge is 0.351 e. The lowest BCUT2D eigenvalue weighted by Gasteiger charge is -2.10. The van der Waals surface area contributed by atoms with Gasteiger partial charge in [0.15, 0.2) is 0 Å². The highest BCUT2D eigenvalue weighted by Gasteiger charge is 2.15. The fraction of sp³-hybridized carbons (Fsp3) is 0.100. The lowest BCUT2D eigenvalue weighted by atomic mass is 10.3. The molecule has 156 valence electrons. The second-order valence-corrected chi connectivity index (χ2v) is 8.67. The zero-order valence-corrected chi connectivity index (χ0v) is 17.2. The maximum Gasteiger partial charge on any atom is 0.261 e. The van der Waals surface area contributed by atoms with Crippen molar-refractivity contribution in [3.05, 3.63) is 76.7 Å². The van der Waals surface area contributed by atoms with E-state index in [1.54, 1.807) is 16.8 Å². The van der Waals surface area contributed by atoms with E-state index in [1.807, 2.05) is 0 Å². The van der Waals surface area contributed by atoms with Crippen LogP contribution >= 0.6 is 11.3 Å². The number of halogens is 1. The molecular weight excluding hydrogens is 429 g/mol. The van der Waals surface area contributed by atoms with Gasteiger partial charge >= 0.3 is 0 Å². The van der Waals surface area contributed by atoms with Crippen LogP contribution in [0.1, 0.15) is 16.8 Å². The average molecular weight is 448 g/mol. The van der Waals surface area contributed by atoms with Crippen molar-refractivity contribution in [2.75, 3.05) is 16.6 Å². The molecule has 0 radical (unpaired) electrons. The van der Waals surface area contributed by atoms with E-state index in [0.29, 0.717) is 11.3 Å². The van der Waals surface area contributed by atoms with Crippen LogP contribution in [-0.2, 0) is 14.8 Å². The van der Waals surface area contributed by atoms with E-state index in [4.69, 9.17) is 0 Å². The van der Waals surface area contributed by atoms with E-state index in [0.717, 1.165) is 6.07 Å². The molecule has 3 N–H and O–H groups in total. The van der Waals surface area contributed by atoms with Crippen molar-refractivity contribution in [3.8, 4) is 0 Å². The predicted molar refractivity (Wildman–Crippen MR) is 114 cm³/mol. The van der Waals surface area contributed by atoms with Gasteiger partial charge < -0.3 is 10.6 Å². The number of rotatable bonds is 8. The lowest BCUT2D eigenvalue weighted by molar-refractivity contribution is -0.116. The maximum atomic E-state index is 13.2. The van der Waals surface area contributed by atoms with Gasteiger partial charge in [-0.15, -0.1) is 0 Å². The Kier molecular flexibility index (Phi) is 6.80. The van der Waals surface area contributed by atoms with Crippen molar-refractivity contribution in [1.82, 2.24) is 5.32 Å². The van der Waals surface area contributed by atoms with Crippen LogP contribution in [0.25, 0.3) is 0 Å². The van der Waals surface area contributed by atoms with E-state index in [9.17, 15) is 22.4 Å². The third-order valence-corrected chi connectivity index (χ3v) is 6.03. The molecule has 1 aromatic heterocycles. The molecule has 2 amide bonds. The Morgan fingerprint density at radius 2 is 1.77 bits per heavy atom. The minimum Gasteiger partial charge on any atom is -0.351 e. The number of hydrogen-bond acceptors (Lipinski definition) is 5. The average Bonchev–Trinajstić information content (AvgIpc) is 3.23. The van der Waals surface area contributed by atoms with Crippen molar-refractivity contribution >= 4 is 44.5 Å². The maximum absolute atomic E-state index is 13.2. The van der Waals surface area contributed by atoms with Gasteiger partial charge in [-0.05, 0) is 53.9 Å². The summed E-state index contributed by atoms with van der Waals surface area (Å²) in [4.78, 5) is 23.8. The van der Waals surface area contributed by atoms with Crippen LogP contribution in [0.15, 0.2) is 70.3 Å². The number of hydrogen-bond donors (Lipinski definition) is 3. The Morgan fingerprint density at radius 1 is 1.00 bits per heavy atom. The van der Waals surface area contributed by atoms with E-state index in [-0.39, 0.29) is 35.4 Å². The van der Waals surface area contributed by atoms with Gasteiger partial charge in [0.05, 0.1) is 10.6 Å². The molecule has 0 saturated carbocycles. The molecule has 0 saturated heterocycles. The molecule has 0 aliphatic rings. The molecule has 0 bridgehead atoms. The van der Waals surface area contributed by atoms with E-state index in [1.165, 1.54) is 53.8 Å². The van der Waals surface area contributed by atoms with Gasteiger partial charge in [0.1, 0.15) is 5.82 Å². The van der Waals surface area contributed by atoms with Crippen molar-refractivity contribution < 1.29 is 22.4 Å². The summed E-state index contributed by atoms with van der Waals surface area (Å²) in [5.74, 6) is -1.13. The minimum absolute atomic E-state index is 0.0345. The van der Waals surface area contributed by atoms with Gasteiger partial charge in [-0.1, -0.05) is 6.07 Å². The summed E-state index contributed by atoms with van der Waals surface area (Å²) in [5.41, 5.74) is 1.06. The Morgan fingerprint density at radius 3 is 2.43 bits per heavy atom. The topological polar surface area (TPSA) is 104 Å². The smallest absolute Gasteiger partial charge is 0.261 e. The zero-order chi connectivity index (χ0) is 21.6. The molecule has 0 spiro atoms. The van der Waals surface area contributed by atoms with E-state index < -0.39 is 15.8 Å². The van der Waals surface area contributed by atoms with Crippen LogP contribution in [0.4, 0.5) is 15.8 Å². The number of sulfonamides is 1. The van der Waals surface area contributed by atoms with Gasteiger partial charge in [-0.2, -0.15) is 11.3 Å². The minimum atomic E-state index is -3.90. The molecule has 0 atom stereocenters. The highest BCUT2D eigenvalue weighted by molar-refractivity contribution is 7.92. The summed E-state index contributed by atoms with van der Waals surface area (Å²) in [6.07, 6.45) is 0.0665. The first-order chi connectivity index (χ1) is 14.3. The van der Waals surface area contributed by atoms with Crippen molar-refractivity contribution in [2.45, 2.75) is 11.3 Å². The number of anilines is 2. The summed E-state index contributed by atoms with van der Waals surface area (Å²) in [5, 5.41) is 8.79. The third-order valence-electron chi connectivity index (χ3n) is 3.95. The molecule has 0 fully saturated rings. The van der Waals surface area contributed by atoms with Gasteiger partial charge in [0.2, 0.25) is 5.91 Å². The highest BCUT2D eigenvalue weighted by atomic mass is 32.2. The quantitative estimate of drug-likeness (QED) is 0.492. The molecule has 0 unspecified atom stereocenters. The van der Waals surface area contributed by atoms with Crippen LogP contribution in [-0.4, -0.2) is 26.8 Å². The summed E-state index contributed by atoms with van der Waals surface area (Å²) in [6.45, 7) is 0.171. The molecular formula is C20H18FN3O4S2. The summed E-state index contributed by atoms with van der Waals surface area (Å²) < 4.78 is 40.3. The van der Waals surface area contributed by atoms with Gasteiger partial charge in [-0.3, -0.25) is 14.3 Å². The first-order valence-corrected chi connectivity index (χ1v) is 11.2. The molecule has 0 aliphatic carbocycles. The van der Waals surface area contributed by atoms with Crippen molar-refractivity contribution in [2.24, 2.45) is 0 Å². The molecule has 2 aromatic carbocycles. The summed E-state index contributed by atoms with van der Waals surface area (Å²) in [6, 6.07) is 12.4. The predicted octanol–water partition coefficient (Wildman–Crippen LogP) is 3.45. The first kappa shape index (κ1) is 21.5. The third kappa shape index (κ3) is 5.88. The lowest BCUT2D eigenvalue weighted by Crippen LogP contribution is -2.27. The van der Waals surface area contributed by atoms with Crippen molar-refractivity contribution in [1.29, 1.82) is 0 Å². The molecule has 0 aliphatic heterocycles. The summed E-state index contributed by atoms with van der Waals surface area (Å²) in [7, 11) is -3.90. The van der Waals surface area contributed by atoms with Gasteiger partial charge in [0, 0.05) is 29.6 Å². The Hall–Kier alpha value is -3.24. The highest BCUT2D eigenvalue weighted by Crippen LogP contribution is 2.19. The Labute approximate surface area is 177 Å². The van der Waals surface area contributed by atoms with Crippen LogP contribution in [0.2, 0.25) is 0 Å². The normalized spacial score (nSPS) is 11.0. The second kappa shape index (κ2) is 9.51. The number of nitrogens with one attached hydrogen (secondary N) is 3. The Balaban J connectivity index is 1.52. The first-order valence-electron chi connectivity index (χ1n) is 8.82. The fourth-order valence-electron chi connectivity index (χ4n) is 2.49. The van der Waals surface area contributed by atoms with Crippen LogP contribution in [0.3, 0.4) is 0 Å². The SMILES string of the molecule is O=C(CCNC(=O)c1ccsc1)Nc1ccc(S(=O)(=O)Nc2cccc(F)c2)cc1. The molecule has 7 nitrogen and oxygen atoms in total. The number of thiophene rings is 1. The zero-order valence-electron chi connectivity index (χ0n) is 15.6. The molecule has 30 heavy (non-hydrogen) atoms. The molecule has 3 aromatic rings. The van der Waals surface area contributed by atoms with Crippen LogP contribution < -0.4 is 15.4 Å². The van der Waals surface area contributed by atoms with E-state index >= 15 is 0 Å². The molecule has 10 heteroatoms. The Bertz CT molecular complexity index is 1130. The van der Waals surface area contributed by atoms with Gasteiger partial charge in [-0.25, -0.2) is 12.8 Å². The summed E-state index contributed by atoms with van der Waals surface area (Å²) >= 11 is 1.41. The van der Waals surface area contributed by atoms with Crippen LogP contribution in [0.5, 0.6) is 0 Å². The molecule has 1 heterocycles. The monoisotopic (exact) mass is 447 g/mol.